The van der Waals surface area contributed by atoms with Crippen LogP contribution in [-0.2, 0) is 12.4 Å². The highest BCUT2D eigenvalue weighted by Gasteiger charge is 2.37. The zero-order valence-corrected chi connectivity index (χ0v) is 17.5. The maximum absolute atomic E-state index is 13.1. The molecule has 33 heavy (non-hydrogen) atoms. The molecule has 174 valence electrons. The minimum atomic E-state index is -4.97. The van der Waals surface area contributed by atoms with Crippen molar-refractivity contribution in [1.82, 2.24) is 10.3 Å². The van der Waals surface area contributed by atoms with E-state index < -0.39 is 35.6 Å². The van der Waals surface area contributed by atoms with Gasteiger partial charge in [-0.1, -0.05) is 12.1 Å². The summed E-state index contributed by atoms with van der Waals surface area (Å²) >= 11 is 0. The molecule has 0 radical (unpaired) electrons. The predicted molar refractivity (Wildman–Crippen MR) is 111 cm³/mol. The van der Waals surface area contributed by atoms with Crippen LogP contribution in [0.3, 0.4) is 0 Å². The van der Waals surface area contributed by atoms with Crippen LogP contribution in [0.5, 0.6) is 0 Å². The van der Waals surface area contributed by atoms with Crippen molar-refractivity contribution in [1.29, 1.82) is 0 Å². The van der Waals surface area contributed by atoms with Crippen molar-refractivity contribution in [2.24, 2.45) is 0 Å². The number of carbonyl (C=O) groups excluding carboxylic acids is 1. The Kier molecular flexibility index (Phi) is 6.66. The Hall–Kier alpha value is -3.56. The van der Waals surface area contributed by atoms with Crippen LogP contribution in [0.1, 0.15) is 35.3 Å². The van der Waals surface area contributed by atoms with Gasteiger partial charge in [-0.15, -0.1) is 0 Å². The van der Waals surface area contributed by atoms with Crippen molar-refractivity contribution < 1.29 is 31.1 Å². The third-order valence-corrected chi connectivity index (χ3v) is 4.83. The van der Waals surface area contributed by atoms with E-state index in [9.17, 15) is 31.1 Å². The Balaban J connectivity index is 1.73. The number of rotatable bonds is 4. The summed E-state index contributed by atoms with van der Waals surface area (Å²) in [6.07, 6.45) is -8.26. The van der Waals surface area contributed by atoms with Crippen molar-refractivity contribution in [3.05, 3.63) is 83.2 Å². The molecule has 0 saturated carbocycles. The number of aromatic nitrogens is 1. The molecule has 1 aromatic heterocycles. The lowest BCUT2D eigenvalue weighted by Crippen LogP contribution is -2.31. The van der Waals surface area contributed by atoms with Gasteiger partial charge in [0.25, 0.3) is 0 Å². The average Bonchev–Trinajstić information content (AvgIpc) is 2.72. The van der Waals surface area contributed by atoms with Crippen LogP contribution in [0, 0.1) is 6.92 Å². The van der Waals surface area contributed by atoms with Crippen molar-refractivity contribution in [2.45, 2.75) is 32.2 Å². The summed E-state index contributed by atoms with van der Waals surface area (Å²) < 4.78 is 78.3. The molecule has 1 unspecified atom stereocenters. The third-order valence-electron chi connectivity index (χ3n) is 4.83. The van der Waals surface area contributed by atoms with Gasteiger partial charge in [0.1, 0.15) is 0 Å². The SMILES string of the molecule is Cc1cc(-c2ccc(NC(=O)NC(C)c3cc(C(F)(F)F)cc(C(F)(F)F)c3)cc2)ccn1. The number of anilines is 1. The van der Waals surface area contributed by atoms with E-state index in [1.165, 1.54) is 6.92 Å². The second-order valence-electron chi connectivity index (χ2n) is 7.42. The summed E-state index contributed by atoms with van der Waals surface area (Å²) in [6, 6.07) is 9.82. The van der Waals surface area contributed by atoms with Crippen LogP contribution in [0.4, 0.5) is 36.8 Å². The highest BCUT2D eigenvalue weighted by Crippen LogP contribution is 2.37. The number of carbonyl (C=O) groups is 1. The van der Waals surface area contributed by atoms with E-state index in [1.54, 1.807) is 30.5 Å². The zero-order valence-electron chi connectivity index (χ0n) is 17.5. The molecule has 0 saturated heterocycles. The molecule has 0 spiro atoms. The van der Waals surface area contributed by atoms with Crippen LogP contribution in [0.25, 0.3) is 11.1 Å². The Morgan fingerprint density at radius 3 is 1.94 bits per heavy atom. The molecule has 1 heterocycles. The van der Waals surface area contributed by atoms with E-state index in [0.717, 1.165) is 16.8 Å². The number of alkyl halides is 6. The summed E-state index contributed by atoms with van der Waals surface area (Å²) in [5.74, 6) is 0. The van der Waals surface area contributed by atoms with Gasteiger partial charge < -0.3 is 10.6 Å². The van der Waals surface area contributed by atoms with E-state index in [-0.39, 0.29) is 11.6 Å². The highest BCUT2D eigenvalue weighted by atomic mass is 19.4. The van der Waals surface area contributed by atoms with Gasteiger partial charge in [-0.3, -0.25) is 4.98 Å². The highest BCUT2D eigenvalue weighted by molar-refractivity contribution is 5.89. The lowest BCUT2D eigenvalue weighted by atomic mass is 10.0. The fourth-order valence-corrected chi connectivity index (χ4v) is 3.15. The molecule has 0 bridgehead atoms. The number of hydrogen-bond donors (Lipinski definition) is 2. The van der Waals surface area contributed by atoms with Crippen LogP contribution in [-0.4, -0.2) is 11.0 Å². The van der Waals surface area contributed by atoms with Crippen molar-refractivity contribution in [3.8, 4) is 11.1 Å². The number of hydrogen-bond acceptors (Lipinski definition) is 2. The van der Waals surface area contributed by atoms with Crippen molar-refractivity contribution >= 4 is 11.7 Å². The molecule has 1 atom stereocenters. The predicted octanol–water partition coefficient (Wildman–Crippen LogP) is 6.98. The van der Waals surface area contributed by atoms with Gasteiger partial charge in [-0.05, 0) is 73.0 Å². The molecule has 3 rings (SSSR count). The first kappa shape index (κ1) is 24.1. The molecule has 0 fully saturated rings. The molecule has 4 nitrogen and oxygen atoms in total. The standard InChI is InChI=1S/C23H19F6N3O/c1-13-9-16(7-8-30-13)15-3-5-20(6-4-15)32-21(33)31-14(2)17-10-18(22(24,25)26)12-19(11-17)23(27,28)29/h3-12,14H,1-2H3,(H2,31,32,33). The molecule has 0 aliphatic heterocycles. The molecule has 2 N–H and O–H groups in total. The number of amides is 2. The Bertz CT molecular complexity index is 1110. The molecule has 2 aromatic carbocycles. The van der Waals surface area contributed by atoms with Gasteiger partial charge in [0.05, 0.1) is 17.2 Å². The summed E-state index contributed by atoms with van der Waals surface area (Å²) in [7, 11) is 0. The van der Waals surface area contributed by atoms with Gasteiger partial charge in [-0.2, -0.15) is 26.3 Å². The second-order valence-corrected chi connectivity index (χ2v) is 7.42. The number of aryl methyl sites for hydroxylation is 1. The quantitative estimate of drug-likeness (QED) is 0.407. The smallest absolute Gasteiger partial charge is 0.331 e. The number of pyridine rings is 1. The molecule has 2 amide bonds. The third kappa shape index (κ3) is 6.24. The fraction of sp³-hybridized carbons (Fsp3) is 0.217. The molecular weight excluding hydrogens is 448 g/mol. The lowest BCUT2D eigenvalue weighted by Gasteiger charge is -2.19. The summed E-state index contributed by atoms with van der Waals surface area (Å²) in [6.45, 7) is 3.15. The molecule has 10 heteroatoms. The van der Waals surface area contributed by atoms with Gasteiger partial charge in [0, 0.05) is 17.6 Å². The summed E-state index contributed by atoms with van der Waals surface area (Å²) in [5, 5.41) is 4.88. The van der Waals surface area contributed by atoms with Gasteiger partial charge in [0.15, 0.2) is 0 Å². The number of halogens is 6. The minimum Gasteiger partial charge on any atom is -0.331 e. The molecular formula is C23H19F6N3O. The average molecular weight is 467 g/mol. The molecule has 0 aliphatic carbocycles. The van der Waals surface area contributed by atoms with E-state index in [2.05, 4.69) is 15.6 Å². The van der Waals surface area contributed by atoms with Gasteiger partial charge in [0.2, 0.25) is 0 Å². The normalized spacial score (nSPS) is 12.8. The number of nitrogens with one attached hydrogen (secondary N) is 2. The Morgan fingerprint density at radius 1 is 0.848 bits per heavy atom. The topological polar surface area (TPSA) is 54.0 Å². The van der Waals surface area contributed by atoms with Crippen LogP contribution < -0.4 is 10.6 Å². The first-order chi connectivity index (χ1) is 15.3. The number of urea groups is 1. The first-order valence-corrected chi connectivity index (χ1v) is 9.73. The van der Waals surface area contributed by atoms with Crippen molar-refractivity contribution in [3.63, 3.8) is 0 Å². The zero-order chi connectivity index (χ0) is 24.4. The van der Waals surface area contributed by atoms with Gasteiger partial charge in [-0.25, -0.2) is 4.79 Å². The van der Waals surface area contributed by atoms with E-state index in [0.29, 0.717) is 17.8 Å². The molecule has 0 aliphatic rings. The minimum absolute atomic E-state index is 0.0438. The molecule has 3 aromatic rings. The first-order valence-electron chi connectivity index (χ1n) is 9.73. The largest absolute Gasteiger partial charge is 0.416 e. The number of nitrogens with zero attached hydrogens (tertiary/aromatic N) is 1. The summed E-state index contributed by atoms with van der Waals surface area (Å²) in [5.41, 5.74) is -0.163. The van der Waals surface area contributed by atoms with E-state index in [1.807, 2.05) is 19.1 Å². The fourth-order valence-electron chi connectivity index (χ4n) is 3.15. The summed E-state index contributed by atoms with van der Waals surface area (Å²) in [4.78, 5) is 16.4. The van der Waals surface area contributed by atoms with E-state index in [4.69, 9.17) is 0 Å². The van der Waals surface area contributed by atoms with Gasteiger partial charge >= 0.3 is 18.4 Å². The Morgan fingerprint density at radius 2 is 1.42 bits per heavy atom. The maximum Gasteiger partial charge on any atom is 0.416 e. The van der Waals surface area contributed by atoms with Crippen molar-refractivity contribution in [2.75, 3.05) is 5.32 Å². The van der Waals surface area contributed by atoms with E-state index >= 15 is 0 Å². The maximum atomic E-state index is 13.1. The monoisotopic (exact) mass is 467 g/mol. The number of benzene rings is 2. The van der Waals surface area contributed by atoms with Crippen LogP contribution in [0.15, 0.2) is 60.8 Å². The lowest BCUT2D eigenvalue weighted by molar-refractivity contribution is -0.143. The van der Waals surface area contributed by atoms with Crippen LogP contribution in [0.2, 0.25) is 0 Å². The van der Waals surface area contributed by atoms with Crippen LogP contribution >= 0.6 is 0 Å². The Labute approximate surface area is 185 Å². The second kappa shape index (κ2) is 9.13.